The molecule has 104 valence electrons. The first-order chi connectivity index (χ1) is 9.70. The van der Waals surface area contributed by atoms with Crippen molar-refractivity contribution in [2.75, 3.05) is 0 Å². The van der Waals surface area contributed by atoms with Gasteiger partial charge in [0.15, 0.2) is 0 Å². The Balaban J connectivity index is 2.03. The smallest absolute Gasteiger partial charge is 0.354 e. The molecule has 2 heterocycles. The summed E-state index contributed by atoms with van der Waals surface area (Å²) in [4.78, 5) is 19.0. The zero-order chi connectivity index (χ0) is 14.4. The van der Waals surface area contributed by atoms with Gasteiger partial charge in [-0.1, -0.05) is 13.0 Å². The third-order valence-corrected chi connectivity index (χ3v) is 3.07. The third kappa shape index (κ3) is 3.61. The van der Waals surface area contributed by atoms with Crippen molar-refractivity contribution < 1.29 is 9.90 Å². The van der Waals surface area contributed by atoms with Crippen LogP contribution in [0.5, 0.6) is 0 Å². The summed E-state index contributed by atoms with van der Waals surface area (Å²) < 4.78 is 0. The van der Waals surface area contributed by atoms with Gasteiger partial charge >= 0.3 is 5.97 Å². The lowest BCUT2D eigenvalue weighted by atomic mass is 10.1. The molecule has 5 nitrogen and oxygen atoms in total. The fourth-order valence-electron chi connectivity index (χ4n) is 2.02. The lowest BCUT2D eigenvalue weighted by Crippen LogP contribution is -2.21. The molecule has 2 rings (SSSR count). The first kappa shape index (κ1) is 14.1. The lowest BCUT2D eigenvalue weighted by molar-refractivity contribution is 0.0690. The van der Waals surface area contributed by atoms with Crippen LogP contribution in [-0.2, 0) is 6.54 Å². The summed E-state index contributed by atoms with van der Waals surface area (Å²) in [7, 11) is 0. The minimum Gasteiger partial charge on any atom is -0.477 e. The number of hydrogen-bond acceptors (Lipinski definition) is 4. The first-order valence-corrected chi connectivity index (χ1v) is 6.53. The van der Waals surface area contributed by atoms with Crippen LogP contribution in [0.2, 0.25) is 0 Å². The van der Waals surface area contributed by atoms with Crippen LogP contribution in [0.15, 0.2) is 42.7 Å². The molecule has 0 aliphatic rings. The van der Waals surface area contributed by atoms with Gasteiger partial charge in [0.1, 0.15) is 5.69 Å². The van der Waals surface area contributed by atoms with Crippen LogP contribution in [0.25, 0.3) is 0 Å². The summed E-state index contributed by atoms with van der Waals surface area (Å²) in [5, 5.41) is 12.3. The van der Waals surface area contributed by atoms with Crippen molar-refractivity contribution in [1.82, 2.24) is 15.3 Å². The van der Waals surface area contributed by atoms with E-state index in [-0.39, 0.29) is 11.7 Å². The van der Waals surface area contributed by atoms with E-state index in [0.29, 0.717) is 6.54 Å². The van der Waals surface area contributed by atoms with Crippen LogP contribution < -0.4 is 5.32 Å². The molecule has 1 atom stereocenters. The van der Waals surface area contributed by atoms with Crippen molar-refractivity contribution in [2.45, 2.75) is 25.9 Å². The number of rotatable bonds is 6. The standard InChI is InChI=1S/C15H17N3O2/c1-2-13(11-6-8-16-9-7-11)17-10-12-4-3-5-14(18-12)15(19)20/h3-9,13,17H,2,10H2,1H3,(H,19,20)/t13-/m0/s1. The number of nitrogens with one attached hydrogen (secondary N) is 1. The van der Waals surface area contributed by atoms with Crippen LogP contribution >= 0.6 is 0 Å². The second kappa shape index (κ2) is 6.77. The minimum absolute atomic E-state index is 0.0706. The maximum Gasteiger partial charge on any atom is 0.354 e. The van der Waals surface area contributed by atoms with Gasteiger partial charge in [0.05, 0.1) is 5.69 Å². The fourth-order valence-corrected chi connectivity index (χ4v) is 2.02. The molecule has 0 fully saturated rings. The predicted octanol–water partition coefficient (Wildman–Crippen LogP) is 2.42. The van der Waals surface area contributed by atoms with E-state index < -0.39 is 5.97 Å². The maximum atomic E-state index is 10.9. The molecular formula is C15H17N3O2. The monoisotopic (exact) mass is 271 g/mol. The van der Waals surface area contributed by atoms with Gasteiger partial charge < -0.3 is 10.4 Å². The van der Waals surface area contributed by atoms with Crippen molar-refractivity contribution in [2.24, 2.45) is 0 Å². The molecular weight excluding hydrogens is 254 g/mol. The Hall–Kier alpha value is -2.27. The molecule has 0 unspecified atom stereocenters. The molecule has 0 spiro atoms. The minimum atomic E-state index is -1.01. The Kier molecular flexibility index (Phi) is 4.79. The zero-order valence-electron chi connectivity index (χ0n) is 11.3. The number of hydrogen-bond donors (Lipinski definition) is 2. The van der Waals surface area contributed by atoms with E-state index in [2.05, 4.69) is 22.2 Å². The number of aromatic carboxylic acids is 1. The molecule has 0 amide bonds. The van der Waals surface area contributed by atoms with Crippen LogP contribution in [-0.4, -0.2) is 21.0 Å². The lowest BCUT2D eigenvalue weighted by Gasteiger charge is -2.17. The quantitative estimate of drug-likeness (QED) is 0.844. The maximum absolute atomic E-state index is 10.9. The van der Waals surface area contributed by atoms with Crippen molar-refractivity contribution in [3.63, 3.8) is 0 Å². The van der Waals surface area contributed by atoms with Gasteiger partial charge in [0, 0.05) is 25.0 Å². The Morgan fingerprint density at radius 2 is 2.05 bits per heavy atom. The average Bonchev–Trinajstić information content (AvgIpc) is 2.49. The highest BCUT2D eigenvalue weighted by atomic mass is 16.4. The van der Waals surface area contributed by atoms with Crippen molar-refractivity contribution in [3.05, 3.63) is 59.7 Å². The van der Waals surface area contributed by atoms with Crippen molar-refractivity contribution in [3.8, 4) is 0 Å². The van der Waals surface area contributed by atoms with E-state index in [4.69, 9.17) is 5.11 Å². The number of carboxylic acid groups (broad SMARTS) is 1. The Morgan fingerprint density at radius 1 is 1.30 bits per heavy atom. The van der Waals surface area contributed by atoms with Gasteiger partial charge in [-0.25, -0.2) is 9.78 Å². The largest absolute Gasteiger partial charge is 0.477 e. The Bertz CT molecular complexity index is 572. The summed E-state index contributed by atoms with van der Waals surface area (Å²) in [6, 6.07) is 9.17. The van der Waals surface area contributed by atoms with E-state index in [1.165, 1.54) is 6.07 Å². The van der Waals surface area contributed by atoms with E-state index >= 15 is 0 Å². The number of aromatic nitrogens is 2. The summed E-state index contributed by atoms with van der Waals surface area (Å²) >= 11 is 0. The van der Waals surface area contributed by atoms with Gasteiger partial charge in [0.25, 0.3) is 0 Å². The van der Waals surface area contributed by atoms with E-state index in [1.807, 2.05) is 18.2 Å². The molecule has 20 heavy (non-hydrogen) atoms. The second-order valence-corrected chi connectivity index (χ2v) is 4.44. The SMILES string of the molecule is CC[C@H](NCc1cccc(C(=O)O)n1)c1ccncc1. The number of carbonyl (C=O) groups is 1. The zero-order valence-corrected chi connectivity index (χ0v) is 11.3. The summed E-state index contributed by atoms with van der Waals surface area (Å²) in [5.74, 6) is -1.01. The fraction of sp³-hybridized carbons (Fsp3) is 0.267. The van der Waals surface area contributed by atoms with E-state index in [0.717, 1.165) is 17.7 Å². The Labute approximate surface area is 117 Å². The van der Waals surface area contributed by atoms with Gasteiger partial charge in [-0.15, -0.1) is 0 Å². The van der Waals surface area contributed by atoms with Crippen molar-refractivity contribution >= 4 is 5.97 Å². The van der Waals surface area contributed by atoms with Crippen molar-refractivity contribution in [1.29, 1.82) is 0 Å². The number of nitrogens with zero attached hydrogens (tertiary/aromatic N) is 2. The van der Waals surface area contributed by atoms with Crippen LogP contribution in [0.1, 0.15) is 41.1 Å². The number of pyridine rings is 2. The summed E-state index contributed by atoms with van der Waals surface area (Å²) in [5.41, 5.74) is 1.95. The molecule has 0 aromatic carbocycles. The number of carboxylic acids is 1. The molecule has 2 aromatic heterocycles. The highest BCUT2D eigenvalue weighted by molar-refractivity contribution is 5.85. The highest BCUT2D eigenvalue weighted by Crippen LogP contribution is 2.15. The topological polar surface area (TPSA) is 75.1 Å². The molecule has 0 bridgehead atoms. The molecule has 0 radical (unpaired) electrons. The normalized spacial score (nSPS) is 12.1. The molecule has 0 saturated carbocycles. The highest BCUT2D eigenvalue weighted by Gasteiger charge is 2.10. The van der Waals surface area contributed by atoms with Gasteiger partial charge in [0.2, 0.25) is 0 Å². The second-order valence-electron chi connectivity index (χ2n) is 4.44. The summed E-state index contributed by atoms with van der Waals surface area (Å²) in [6.45, 7) is 2.63. The molecule has 2 N–H and O–H groups in total. The molecule has 0 aliphatic carbocycles. The summed E-state index contributed by atoms with van der Waals surface area (Å²) in [6.07, 6.45) is 4.47. The van der Waals surface area contributed by atoms with Crippen LogP contribution in [0.3, 0.4) is 0 Å². The Morgan fingerprint density at radius 3 is 2.70 bits per heavy atom. The predicted molar refractivity (Wildman–Crippen MR) is 75.3 cm³/mol. The molecule has 2 aromatic rings. The molecule has 0 saturated heterocycles. The van der Waals surface area contributed by atoms with Gasteiger partial charge in [-0.05, 0) is 36.2 Å². The van der Waals surface area contributed by atoms with Gasteiger partial charge in [-0.3, -0.25) is 4.98 Å². The van der Waals surface area contributed by atoms with Crippen LogP contribution in [0.4, 0.5) is 0 Å². The molecule has 0 aliphatic heterocycles. The van der Waals surface area contributed by atoms with Gasteiger partial charge in [-0.2, -0.15) is 0 Å². The van der Waals surface area contributed by atoms with E-state index in [9.17, 15) is 4.79 Å². The average molecular weight is 271 g/mol. The van der Waals surface area contributed by atoms with E-state index in [1.54, 1.807) is 18.5 Å². The third-order valence-electron chi connectivity index (χ3n) is 3.07. The first-order valence-electron chi connectivity index (χ1n) is 6.53. The van der Waals surface area contributed by atoms with Crippen LogP contribution in [0, 0.1) is 0 Å². The molecule has 5 heteroatoms.